The smallest absolute Gasteiger partial charge is 0.241 e. The third kappa shape index (κ3) is 3.81. The number of anilines is 1. The van der Waals surface area contributed by atoms with E-state index in [4.69, 9.17) is 5.73 Å². The normalized spacial score (nSPS) is 11.7. The Balaban J connectivity index is 2.20. The van der Waals surface area contributed by atoms with Crippen LogP contribution in [0.2, 0.25) is 0 Å². The van der Waals surface area contributed by atoms with Gasteiger partial charge in [0.15, 0.2) is 0 Å². The number of aryl methyl sites for hydroxylation is 2. The SMILES string of the molecule is CCc1cnc(CNS(=O)(=O)c2cc(N)ccc2CC)s1. The lowest BCUT2D eigenvalue weighted by Crippen LogP contribution is -2.24. The molecule has 0 aliphatic heterocycles. The van der Waals surface area contributed by atoms with E-state index in [1.165, 1.54) is 17.4 Å². The van der Waals surface area contributed by atoms with E-state index in [0.29, 0.717) is 12.1 Å². The molecule has 1 heterocycles. The zero-order valence-corrected chi connectivity index (χ0v) is 13.7. The summed E-state index contributed by atoms with van der Waals surface area (Å²) in [6, 6.07) is 4.97. The standard InChI is InChI=1S/C14H19N3O2S2/c1-3-10-5-6-11(15)7-13(10)21(18,19)17-9-14-16-8-12(4-2)20-14/h5-8,17H,3-4,9,15H2,1-2H3. The summed E-state index contributed by atoms with van der Waals surface area (Å²) in [5.41, 5.74) is 6.90. The van der Waals surface area contributed by atoms with Crippen molar-refractivity contribution in [2.45, 2.75) is 38.1 Å². The number of hydrogen-bond donors (Lipinski definition) is 2. The number of benzene rings is 1. The van der Waals surface area contributed by atoms with Gasteiger partial charge in [0.2, 0.25) is 10.0 Å². The molecule has 0 radical (unpaired) electrons. The first kappa shape index (κ1) is 15.9. The molecule has 0 aliphatic carbocycles. The maximum atomic E-state index is 12.4. The second kappa shape index (κ2) is 6.55. The van der Waals surface area contributed by atoms with Crippen LogP contribution in [0.3, 0.4) is 0 Å². The van der Waals surface area contributed by atoms with E-state index in [9.17, 15) is 8.42 Å². The molecule has 2 aromatic rings. The third-order valence-electron chi connectivity index (χ3n) is 3.12. The van der Waals surface area contributed by atoms with E-state index in [1.54, 1.807) is 18.3 Å². The highest BCUT2D eigenvalue weighted by atomic mass is 32.2. The lowest BCUT2D eigenvalue weighted by Gasteiger charge is -2.10. The Bertz CT molecular complexity index is 724. The maximum Gasteiger partial charge on any atom is 0.241 e. The van der Waals surface area contributed by atoms with Crippen LogP contribution in [-0.4, -0.2) is 13.4 Å². The van der Waals surface area contributed by atoms with E-state index < -0.39 is 10.0 Å². The molecule has 0 amide bonds. The van der Waals surface area contributed by atoms with E-state index in [2.05, 4.69) is 9.71 Å². The van der Waals surface area contributed by atoms with Gasteiger partial charge in [-0.3, -0.25) is 0 Å². The van der Waals surface area contributed by atoms with E-state index in [1.807, 2.05) is 13.8 Å². The fourth-order valence-corrected chi connectivity index (χ4v) is 4.17. The van der Waals surface area contributed by atoms with Crippen molar-refractivity contribution in [1.82, 2.24) is 9.71 Å². The van der Waals surface area contributed by atoms with Crippen LogP contribution in [-0.2, 0) is 29.4 Å². The van der Waals surface area contributed by atoms with Crippen LogP contribution in [0.1, 0.15) is 29.3 Å². The van der Waals surface area contributed by atoms with Crippen LogP contribution >= 0.6 is 11.3 Å². The summed E-state index contributed by atoms with van der Waals surface area (Å²) in [6.45, 7) is 4.16. The van der Waals surface area contributed by atoms with Gasteiger partial charge in [0.1, 0.15) is 5.01 Å². The molecule has 1 aromatic carbocycles. The zero-order chi connectivity index (χ0) is 15.5. The van der Waals surface area contributed by atoms with Crippen molar-refractivity contribution in [3.63, 3.8) is 0 Å². The van der Waals surface area contributed by atoms with Gasteiger partial charge in [0.25, 0.3) is 0 Å². The molecule has 0 spiro atoms. The van der Waals surface area contributed by atoms with Gasteiger partial charge in [-0.25, -0.2) is 18.1 Å². The van der Waals surface area contributed by atoms with Gasteiger partial charge < -0.3 is 5.73 Å². The summed E-state index contributed by atoms with van der Waals surface area (Å²) in [6.07, 6.45) is 3.32. The van der Waals surface area contributed by atoms with Crippen molar-refractivity contribution in [3.05, 3.63) is 39.8 Å². The van der Waals surface area contributed by atoms with Crippen LogP contribution in [0.5, 0.6) is 0 Å². The Kier molecular flexibility index (Phi) is 4.97. The first-order chi connectivity index (χ1) is 9.96. The van der Waals surface area contributed by atoms with Crippen LogP contribution < -0.4 is 10.5 Å². The Labute approximate surface area is 129 Å². The molecule has 0 aliphatic rings. The van der Waals surface area contributed by atoms with E-state index in [0.717, 1.165) is 21.9 Å². The number of nitrogen functional groups attached to an aromatic ring is 1. The van der Waals surface area contributed by atoms with Gasteiger partial charge in [-0.2, -0.15) is 0 Å². The van der Waals surface area contributed by atoms with Gasteiger partial charge >= 0.3 is 0 Å². The highest BCUT2D eigenvalue weighted by Crippen LogP contribution is 2.20. The highest BCUT2D eigenvalue weighted by molar-refractivity contribution is 7.89. The van der Waals surface area contributed by atoms with Crippen molar-refractivity contribution < 1.29 is 8.42 Å². The number of nitrogens with one attached hydrogen (secondary N) is 1. The van der Waals surface area contributed by atoms with Crippen LogP contribution in [0.25, 0.3) is 0 Å². The highest BCUT2D eigenvalue weighted by Gasteiger charge is 2.18. The largest absolute Gasteiger partial charge is 0.399 e. The number of aromatic nitrogens is 1. The summed E-state index contributed by atoms with van der Waals surface area (Å²) in [4.78, 5) is 5.60. The van der Waals surface area contributed by atoms with Gasteiger partial charge in [0, 0.05) is 16.8 Å². The zero-order valence-electron chi connectivity index (χ0n) is 12.1. The number of hydrogen-bond acceptors (Lipinski definition) is 5. The minimum atomic E-state index is -3.58. The molecule has 5 nitrogen and oxygen atoms in total. The molecule has 0 atom stereocenters. The molecule has 3 N–H and O–H groups in total. The van der Waals surface area contributed by atoms with Gasteiger partial charge in [-0.15, -0.1) is 11.3 Å². The first-order valence-corrected chi connectivity index (χ1v) is 9.08. The summed E-state index contributed by atoms with van der Waals surface area (Å²) < 4.78 is 27.4. The lowest BCUT2D eigenvalue weighted by molar-refractivity contribution is 0.580. The summed E-state index contributed by atoms with van der Waals surface area (Å²) in [5, 5.41) is 0.761. The van der Waals surface area contributed by atoms with Gasteiger partial charge in [-0.05, 0) is 30.5 Å². The monoisotopic (exact) mass is 325 g/mol. The van der Waals surface area contributed by atoms with Crippen molar-refractivity contribution in [2.75, 3.05) is 5.73 Å². The molecule has 2 rings (SSSR count). The molecular weight excluding hydrogens is 306 g/mol. The summed E-state index contributed by atoms with van der Waals surface area (Å²) in [7, 11) is -3.58. The topological polar surface area (TPSA) is 85.1 Å². The Morgan fingerprint density at radius 2 is 2.05 bits per heavy atom. The maximum absolute atomic E-state index is 12.4. The minimum Gasteiger partial charge on any atom is -0.399 e. The van der Waals surface area contributed by atoms with Crippen LogP contribution in [0.4, 0.5) is 5.69 Å². The molecule has 1 aromatic heterocycles. The van der Waals surface area contributed by atoms with E-state index >= 15 is 0 Å². The summed E-state index contributed by atoms with van der Waals surface area (Å²) >= 11 is 1.52. The molecular formula is C14H19N3O2S2. The van der Waals surface area contributed by atoms with Crippen molar-refractivity contribution in [2.24, 2.45) is 0 Å². The van der Waals surface area contributed by atoms with Crippen molar-refractivity contribution in [3.8, 4) is 0 Å². The lowest BCUT2D eigenvalue weighted by atomic mass is 10.1. The number of rotatable bonds is 6. The Morgan fingerprint density at radius 3 is 2.67 bits per heavy atom. The first-order valence-electron chi connectivity index (χ1n) is 6.78. The molecule has 7 heteroatoms. The molecule has 0 unspecified atom stereocenters. The average molecular weight is 325 g/mol. The molecule has 0 bridgehead atoms. The van der Waals surface area contributed by atoms with Gasteiger partial charge in [0.05, 0.1) is 11.4 Å². The number of sulfonamides is 1. The van der Waals surface area contributed by atoms with Crippen LogP contribution in [0.15, 0.2) is 29.3 Å². The van der Waals surface area contributed by atoms with E-state index in [-0.39, 0.29) is 11.4 Å². The molecule has 0 saturated carbocycles. The predicted molar refractivity (Wildman–Crippen MR) is 85.7 cm³/mol. The quantitative estimate of drug-likeness (QED) is 0.798. The fraction of sp³-hybridized carbons (Fsp3) is 0.357. The van der Waals surface area contributed by atoms with Gasteiger partial charge in [-0.1, -0.05) is 19.9 Å². The second-order valence-corrected chi connectivity index (χ2v) is 7.55. The fourth-order valence-electron chi connectivity index (χ4n) is 1.94. The molecule has 0 saturated heterocycles. The molecule has 0 fully saturated rings. The summed E-state index contributed by atoms with van der Waals surface area (Å²) in [5.74, 6) is 0. The number of thiazole rings is 1. The Morgan fingerprint density at radius 1 is 1.29 bits per heavy atom. The number of nitrogens with two attached hydrogens (primary N) is 1. The van der Waals surface area contributed by atoms with Crippen LogP contribution in [0, 0.1) is 0 Å². The van der Waals surface area contributed by atoms with Crippen molar-refractivity contribution in [1.29, 1.82) is 0 Å². The number of nitrogens with zero attached hydrogens (tertiary/aromatic N) is 1. The Hall–Kier alpha value is -1.44. The minimum absolute atomic E-state index is 0.199. The van der Waals surface area contributed by atoms with Crippen molar-refractivity contribution >= 4 is 27.0 Å². The second-order valence-electron chi connectivity index (χ2n) is 4.62. The predicted octanol–water partition coefficient (Wildman–Crippen LogP) is 2.33. The average Bonchev–Trinajstić information content (AvgIpc) is 2.93. The molecule has 21 heavy (non-hydrogen) atoms. The molecule has 114 valence electrons. The third-order valence-corrected chi connectivity index (χ3v) is 5.75.